The molecule has 0 radical (unpaired) electrons. The second kappa shape index (κ2) is 3.75. The van der Waals surface area contributed by atoms with Gasteiger partial charge in [-0.05, 0) is 23.6 Å². The lowest BCUT2D eigenvalue weighted by atomic mass is 10.2. The number of halogens is 2. The van der Waals surface area contributed by atoms with Crippen LogP contribution >= 0.6 is 27.5 Å². The first-order chi connectivity index (χ1) is 6.70. The second-order valence-corrected chi connectivity index (χ2v) is 4.17. The summed E-state index contributed by atoms with van der Waals surface area (Å²) < 4.78 is 0.944. The van der Waals surface area contributed by atoms with Gasteiger partial charge in [-0.1, -0.05) is 22.0 Å². The number of aromatic nitrogens is 1. The Kier molecular flexibility index (Phi) is 2.61. The third-order valence-corrected chi connectivity index (χ3v) is 2.81. The summed E-state index contributed by atoms with van der Waals surface area (Å²) in [6.07, 6.45) is 0. The van der Waals surface area contributed by atoms with Gasteiger partial charge in [0.05, 0.1) is 5.88 Å². The Morgan fingerprint density at radius 2 is 2.14 bits per heavy atom. The fraction of sp³-hybridized carbons (Fsp3) is 0.100. The molecule has 72 valence electrons. The highest BCUT2D eigenvalue weighted by Crippen LogP contribution is 2.17. The van der Waals surface area contributed by atoms with Crippen LogP contribution in [0.4, 0.5) is 0 Å². The lowest BCUT2D eigenvalue weighted by Gasteiger charge is -2.00. The van der Waals surface area contributed by atoms with Gasteiger partial charge in [0.25, 0.3) is 5.56 Å². The standard InChI is InChI=1S/C10H7BrClNO/c11-8-2-1-6-3-7(5-12)10(14)13-9(6)4-8/h1-4H,5H2,(H,13,14). The summed E-state index contributed by atoms with van der Waals surface area (Å²) in [5.74, 6) is 0.237. The van der Waals surface area contributed by atoms with E-state index in [1.165, 1.54) is 0 Å². The van der Waals surface area contributed by atoms with E-state index in [-0.39, 0.29) is 11.4 Å². The summed E-state index contributed by atoms with van der Waals surface area (Å²) in [6, 6.07) is 7.55. The average Bonchev–Trinajstić information content (AvgIpc) is 2.16. The minimum absolute atomic E-state index is 0.120. The SMILES string of the molecule is O=c1[nH]c2cc(Br)ccc2cc1CCl. The Balaban J connectivity index is 2.79. The lowest BCUT2D eigenvalue weighted by molar-refractivity contribution is 1.21. The highest BCUT2D eigenvalue weighted by Gasteiger charge is 2.01. The molecule has 2 aromatic rings. The van der Waals surface area contributed by atoms with Crippen LogP contribution in [0.1, 0.15) is 5.56 Å². The van der Waals surface area contributed by atoms with Crippen molar-refractivity contribution in [3.8, 4) is 0 Å². The summed E-state index contributed by atoms with van der Waals surface area (Å²) in [7, 11) is 0. The van der Waals surface area contributed by atoms with Crippen LogP contribution in [0.15, 0.2) is 33.5 Å². The van der Waals surface area contributed by atoms with E-state index in [4.69, 9.17) is 11.6 Å². The highest BCUT2D eigenvalue weighted by atomic mass is 79.9. The van der Waals surface area contributed by atoms with Gasteiger partial charge in [-0.2, -0.15) is 0 Å². The van der Waals surface area contributed by atoms with Gasteiger partial charge in [0, 0.05) is 15.6 Å². The average molecular weight is 273 g/mol. The van der Waals surface area contributed by atoms with E-state index >= 15 is 0 Å². The van der Waals surface area contributed by atoms with Crippen LogP contribution in [0.5, 0.6) is 0 Å². The zero-order chi connectivity index (χ0) is 10.1. The molecule has 1 N–H and O–H groups in total. The van der Waals surface area contributed by atoms with E-state index in [0.29, 0.717) is 5.56 Å². The fourth-order valence-electron chi connectivity index (χ4n) is 1.32. The van der Waals surface area contributed by atoms with Gasteiger partial charge in [0.1, 0.15) is 0 Å². The van der Waals surface area contributed by atoms with E-state index in [2.05, 4.69) is 20.9 Å². The van der Waals surface area contributed by atoms with E-state index in [9.17, 15) is 4.79 Å². The summed E-state index contributed by atoms with van der Waals surface area (Å²) in [6.45, 7) is 0. The molecule has 0 aliphatic rings. The van der Waals surface area contributed by atoms with Gasteiger partial charge in [-0.15, -0.1) is 11.6 Å². The van der Waals surface area contributed by atoms with Crippen LogP contribution in [0.25, 0.3) is 10.9 Å². The van der Waals surface area contributed by atoms with Crippen molar-refractivity contribution in [3.63, 3.8) is 0 Å². The monoisotopic (exact) mass is 271 g/mol. The molecule has 1 heterocycles. The largest absolute Gasteiger partial charge is 0.322 e. The van der Waals surface area contributed by atoms with Crippen molar-refractivity contribution in [1.29, 1.82) is 0 Å². The van der Waals surface area contributed by atoms with Gasteiger partial charge < -0.3 is 4.98 Å². The predicted octanol–water partition coefficient (Wildman–Crippen LogP) is 3.03. The summed E-state index contributed by atoms with van der Waals surface area (Å²) >= 11 is 8.98. The number of rotatable bonds is 1. The molecule has 0 fully saturated rings. The molecular weight excluding hydrogens is 265 g/mol. The van der Waals surface area contributed by atoms with Crippen LogP contribution in [0, 0.1) is 0 Å². The van der Waals surface area contributed by atoms with Gasteiger partial charge >= 0.3 is 0 Å². The van der Waals surface area contributed by atoms with Crippen LogP contribution in [-0.4, -0.2) is 4.98 Å². The van der Waals surface area contributed by atoms with Crippen LogP contribution in [-0.2, 0) is 5.88 Å². The Bertz CT molecular complexity index is 535. The molecule has 0 aliphatic carbocycles. The Morgan fingerprint density at radius 1 is 1.36 bits per heavy atom. The summed E-state index contributed by atoms with van der Waals surface area (Å²) in [5, 5.41) is 0.989. The normalized spacial score (nSPS) is 10.7. The number of aromatic amines is 1. The molecule has 0 bridgehead atoms. The molecule has 2 nitrogen and oxygen atoms in total. The minimum Gasteiger partial charge on any atom is -0.322 e. The van der Waals surface area contributed by atoms with E-state index in [0.717, 1.165) is 15.4 Å². The number of H-pyrrole nitrogens is 1. The zero-order valence-corrected chi connectivity index (χ0v) is 9.52. The van der Waals surface area contributed by atoms with E-state index in [1.54, 1.807) is 0 Å². The Morgan fingerprint density at radius 3 is 2.86 bits per heavy atom. The maximum Gasteiger partial charge on any atom is 0.252 e. The van der Waals surface area contributed by atoms with Gasteiger partial charge in [0.2, 0.25) is 0 Å². The predicted molar refractivity (Wildman–Crippen MR) is 61.8 cm³/mol. The molecule has 2 rings (SSSR count). The minimum atomic E-state index is -0.120. The van der Waals surface area contributed by atoms with Gasteiger partial charge in [-0.3, -0.25) is 4.79 Å². The van der Waals surface area contributed by atoms with Crippen LogP contribution < -0.4 is 5.56 Å². The van der Waals surface area contributed by atoms with Gasteiger partial charge in [0.15, 0.2) is 0 Å². The topological polar surface area (TPSA) is 32.9 Å². The van der Waals surface area contributed by atoms with Crippen molar-refractivity contribution >= 4 is 38.4 Å². The summed E-state index contributed by atoms with van der Waals surface area (Å²) in [4.78, 5) is 14.2. The third kappa shape index (κ3) is 1.70. The molecule has 0 spiro atoms. The number of fused-ring (bicyclic) bond motifs is 1. The number of hydrogen-bond donors (Lipinski definition) is 1. The molecule has 14 heavy (non-hydrogen) atoms. The second-order valence-electron chi connectivity index (χ2n) is 2.99. The number of nitrogens with one attached hydrogen (secondary N) is 1. The van der Waals surface area contributed by atoms with Crippen LogP contribution in [0.3, 0.4) is 0 Å². The number of hydrogen-bond acceptors (Lipinski definition) is 1. The maximum atomic E-state index is 11.4. The third-order valence-electron chi connectivity index (χ3n) is 2.03. The molecule has 4 heteroatoms. The van der Waals surface area contributed by atoms with Crippen molar-refractivity contribution in [2.24, 2.45) is 0 Å². The number of alkyl halides is 1. The molecule has 0 amide bonds. The van der Waals surface area contributed by atoms with Crippen LogP contribution in [0.2, 0.25) is 0 Å². The molecule has 1 aromatic carbocycles. The molecule has 0 unspecified atom stereocenters. The maximum absolute atomic E-state index is 11.4. The Labute approximate surface area is 94.0 Å². The molecule has 0 aliphatic heterocycles. The number of pyridine rings is 1. The number of benzene rings is 1. The molecular formula is C10H7BrClNO. The van der Waals surface area contributed by atoms with Crippen molar-refractivity contribution in [1.82, 2.24) is 4.98 Å². The Hall–Kier alpha value is -0.800. The molecule has 0 saturated heterocycles. The van der Waals surface area contributed by atoms with Crippen molar-refractivity contribution in [3.05, 3.63) is 44.7 Å². The van der Waals surface area contributed by atoms with E-state index in [1.807, 2.05) is 24.3 Å². The fourth-order valence-corrected chi connectivity index (χ4v) is 1.88. The van der Waals surface area contributed by atoms with Crippen molar-refractivity contribution in [2.75, 3.05) is 0 Å². The summed E-state index contributed by atoms with van der Waals surface area (Å²) in [5.41, 5.74) is 1.30. The first kappa shape index (κ1) is 9.74. The van der Waals surface area contributed by atoms with E-state index < -0.39 is 0 Å². The van der Waals surface area contributed by atoms with Crippen molar-refractivity contribution in [2.45, 2.75) is 5.88 Å². The molecule has 0 saturated carbocycles. The van der Waals surface area contributed by atoms with Gasteiger partial charge in [-0.25, -0.2) is 0 Å². The lowest BCUT2D eigenvalue weighted by Crippen LogP contribution is -2.10. The first-order valence-electron chi connectivity index (χ1n) is 4.08. The van der Waals surface area contributed by atoms with Crippen molar-refractivity contribution < 1.29 is 0 Å². The quantitative estimate of drug-likeness (QED) is 0.795. The smallest absolute Gasteiger partial charge is 0.252 e. The highest BCUT2D eigenvalue weighted by molar-refractivity contribution is 9.10. The molecule has 0 atom stereocenters. The first-order valence-corrected chi connectivity index (χ1v) is 5.41. The zero-order valence-electron chi connectivity index (χ0n) is 7.18. The molecule has 1 aromatic heterocycles.